The maximum Gasteiger partial charge on any atom is 0.168 e. The van der Waals surface area contributed by atoms with Crippen molar-refractivity contribution in [1.29, 1.82) is 0 Å². The van der Waals surface area contributed by atoms with Gasteiger partial charge in [0.1, 0.15) is 5.60 Å². The first-order valence-corrected chi connectivity index (χ1v) is 7.40. The summed E-state index contributed by atoms with van der Waals surface area (Å²) in [5, 5.41) is 10.5. The number of rotatable bonds is 3. The van der Waals surface area contributed by atoms with Crippen LogP contribution >= 0.6 is 15.9 Å². The van der Waals surface area contributed by atoms with Crippen molar-refractivity contribution in [1.82, 2.24) is 0 Å². The minimum absolute atomic E-state index is 0.0216. The lowest BCUT2D eigenvalue weighted by molar-refractivity contribution is -0.138. The number of Topliss-reactive ketones (excluding diaryl/α,β-unsaturated/α-hetero) is 1. The Labute approximate surface area is 117 Å². The van der Waals surface area contributed by atoms with E-state index in [0.717, 1.165) is 35.7 Å². The Kier molecular flexibility index (Phi) is 4.57. The lowest BCUT2D eigenvalue weighted by atomic mass is 9.86. The zero-order valence-corrected chi connectivity index (χ0v) is 12.1. The van der Waals surface area contributed by atoms with E-state index in [1.165, 1.54) is 0 Å². The molecule has 0 heterocycles. The summed E-state index contributed by atoms with van der Waals surface area (Å²) in [6.07, 6.45) is 5.78. The second-order valence-corrected chi connectivity index (χ2v) is 6.09. The summed E-state index contributed by atoms with van der Waals surface area (Å²) in [7, 11) is 0. The molecule has 0 radical (unpaired) electrons. The molecule has 2 nitrogen and oxygen atoms in total. The third-order valence-corrected chi connectivity index (χ3v) is 4.26. The monoisotopic (exact) mass is 310 g/mol. The fourth-order valence-corrected chi connectivity index (χ4v) is 2.81. The molecule has 1 aliphatic carbocycles. The van der Waals surface area contributed by atoms with Crippen LogP contribution in [0.25, 0.3) is 0 Å². The molecule has 3 heteroatoms. The van der Waals surface area contributed by atoms with Crippen LogP contribution in [0.3, 0.4) is 0 Å². The van der Waals surface area contributed by atoms with E-state index < -0.39 is 5.60 Å². The van der Waals surface area contributed by atoms with Gasteiger partial charge in [-0.3, -0.25) is 4.79 Å². The third-order valence-electron chi connectivity index (χ3n) is 3.73. The summed E-state index contributed by atoms with van der Waals surface area (Å²) in [5.74, 6) is -0.0216. The zero-order chi connectivity index (χ0) is 13.0. The molecule has 1 saturated carbocycles. The summed E-state index contributed by atoms with van der Waals surface area (Å²) in [6.45, 7) is 0. The molecule has 0 atom stereocenters. The highest BCUT2D eigenvalue weighted by Crippen LogP contribution is 2.29. The Balaban J connectivity index is 2.03. The topological polar surface area (TPSA) is 37.3 Å². The highest BCUT2D eigenvalue weighted by Gasteiger charge is 2.35. The number of hydrogen-bond acceptors (Lipinski definition) is 2. The predicted molar refractivity (Wildman–Crippen MR) is 75.5 cm³/mol. The molecule has 1 aromatic rings. The molecule has 18 heavy (non-hydrogen) atoms. The van der Waals surface area contributed by atoms with E-state index in [0.29, 0.717) is 19.3 Å². The molecule has 0 spiro atoms. The fraction of sp³-hybridized carbons (Fsp3) is 0.533. The minimum Gasteiger partial charge on any atom is -0.382 e. The van der Waals surface area contributed by atoms with Gasteiger partial charge in [-0.2, -0.15) is 0 Å². The third kappa shape index (κ3) is 3.42. The highest BCUT2D eigenvalue weighted by atomic mass is 79.9. The van der Waals surface area contributed by atoms with E-state index in [2.05, 4.69) is 15.9 Å². The number of benzene rings is 1. The van der Waals surface area contributed by atoms with Gasteiger partial charge in [-0.05, 0) is 30.5 Å². The molecule has 0 saturated heterocycles. The van der Waals surface area contributed by atoms with Gasteiger partial charge in [-0.1, -0.05) is 53.7 Å². The van der Waals surface area contributed by atoms with Crippen molar-refractivity contribution >= 4 is 21.7 Å². The first-order valence-electron chi connectivity index (χ1n) is 6.60. The average Bonchev–Trinajstić information content (AvgIpc) is 2.58. The zero-order valence-electron chi connectivity index (χ0n) is 10.5. The summed E-state index contributed by atoms with van der Waals surface area (Å²) in [4.78, 5) is 12.3. The van der Waals surface area contributed by atoms with Gasteiger partial charge in [-0.15, -0.1) is 0 Å². The highest BCUT2D eigenvalue weighted by molar-refractivity contribution is 9.10. The summed E-state index contributed by atoms with van der Waals surface area (Å²) in [6, 6.07) is 7.73. The van der Waals surface area contributed by atoms with Crippen molar-refractivity contribution < 1.29 is 9.90 Å². The number of halogens is 1. The number of aliphatic hydroxyl groups is 1. The molecule has 0 aliphatic heterocycles. The molecule has 1 N–H and O–H groups in total. The Bertz CT molecular complexity index is 403. The van der Waals surface area contributed by atoms with Crippen LogP contribution in [-0.2, 0) is 11.2 Å². The van der Waals surface area contributed by atoms with Crippen LogP contribution in [0, 0.1) is 0 Å². The standard InChI is InChI=1S/C15H19BrO2/c16-13-7-5-12(6-8-13)11-14(17)15(18)9-3-1-2-4-10-15/h5-8,18H,1-4,9-11H2. The molecule has 98 valence electrons. The van der Waals surface area contributed by atoms with Gasteiger partial charge in [0.15, 0.2) is 5.78 Å². The van der Waals surface area contributed by atoms with Crippen molar-refractivity contribution in [3.63, 3.8) is 0 Å². The Morgan fingerprint density at radius 3 is 2.22 bits per heavy atom. The van der Waals surface area contributed by atoms with Crippen LogP contribution < -0.4 is 0 Å². The average molecular weight is 311 g/mol. The predicted octanol–water partition coefficient (Wildman–Crippen LogP) is 3.65. The van der Waals surface area contributed by atoms with Crippen molar-refractivity contribution in [3.05, 3.63) is 34.3 Å². The normalized spacial score (nSPS) is 19.2. The van der Waals surface area contributed by atoms with Crippen molar-refractivity contribution in [3.8, 4) is 0 Å². The fourth-order valence-electron chi connectivity index (χ4n) is 2.54. The van der Waals surface area contributed by atoms with Crippen LogP contribution in [-0.4, -0.2) is 16.5 Å². The summed E-state index contributed by atoms with van der Waals surface area (Å²) < 4.78 is 1.01. The molecule has 1 aliphatic rings. The second-order valence-electron chi connectivity index (χ2n) is 5.17. The van der Waals surface area contributed by atoms with Gasteiger partial charge in [0.2, 0.25) is 0 Å². The van der Waals surface area contributed by atoms with Crippen molar-refractivity contribution in [2.24, 2.45) is 0 Å². The van der Waals surface area contributed by atoms with E-state index >= 15 is 0 Å². The molecule has 0 unspecified atom stereocenters. The SMILES string of the molecule is O=C(Cc1ccc(Br)cc1)C1(O)CCCCCC1. The van der Waals surface area contributed by atoms with Crippen LogP contribution in [0.15, 0.2) is 28.7 Å². The first kappa shape index (κ1) is 13.8. The smallest absolute Gasteiger partial charge is 0.168 e. The molecule has 0 amide bonds. The lowest BCUT2D eigenvalue weighted by Gasteiger charge is -2.24. The number of carbonyl (C=O) groups excluding carboxylic acids is 1. The van der Waals surface area contributed by atoms with E-state index in [4.69, 9.17) is 0 Å². The number of hydrogen-bond donors (Lipinski definition) is 1. The molecular formula is C15H19BrO2. The van der Waals surface area contributed by atoms with Gasteiger partial charge < -0.3 is 5.11 Å². The van der Waals surface area contributed by atoms with Gasteiger partial charge >= 0.3 is 0 Å². The van der Waals surface area contributed by atoms with E-state index in [-0.39, 0.29) is 5.78 Å². The Hall–Kier alpha value is -0.670. The van der Waals surface area contributed by atoms with E-state index in [1.54, 1.807) is 0 Å². The summed E-state index contributed by atoms with van der Waals surface area (Å²) >= 11 is 3.37. The molecular weight excluding hydrogens is 292 g/mol. The van der Waals surface area contributed by atoms with Crippen LogP contribution in [0.5, 0.6) is 0 Å². The van der Waals surface area contributed by atoms with Gasteiger partial charge in [0, 0.05) is 10.9 Å². The minimum atomic E-state index is -1.08. The Morgan fingerprint density at radius 2 is 1.67 bits per heavy atom. The number of ketones is 1. The van der Waals surface area contributed by atoms with E-state index in [9.17, 15) is 9.90 Å². The summed E-state index contributed by atoms with van der Waals surface area (Å²) in [5.41, 5.74) is -0.107. The van der Waals surface area contributed by atoms with Gasteiger partial charge in [0.25, 0.3) is 0 Å². The van der Waals surface area contributed by atoms with Crippen LogP contribution in [0.1, 0.15) is 44.1 Å². The number of carbonyl (C=O) groups is 1. The molecule has 1 fully saturated rings. The largest absolute Gasteiger partial charge is 0.382 e. The molecule has 0 aromatic heterocycles. The molecule has 0 bridgehead atoms. The van der Waals surface area contributed by atoms with Gasteiger partial charge in [0.05, 0.1) is 0 Å². The Morgan fingerprint density at radius 1 is 1.11 bits per heavy atom. The first-order chi connectivity index (χ1) is 8.60. The van der Waals surface area contributed by atoms with Gasteiger partial charge in [-0.25, -0.2) is 0 Å². The maximum atomic E-state index is 12.3. The second kappa shape index (κ2) is 5.98. The van der Waals surface area contributed by atoms with Crippen molar-refractivity contribution in [2.45, 2.75) is 50.5 Å². The van der Waals surface area contributed by atoms with E-state index in [1.807, 2.05) is 24.3 Å². The van der Waals surface area contributed by atoms with Crippen LogP contribution in [0.2, 0.25) is 0 Å². The van der Waals surface area contributed by atoms with Crippen LogP contribution in [0.4, 0.5) is 0 Å². The molecule has 1 aromatic carbocycles. The van der Waals surface area contributed by atoms with Crippen molar-refractivity contribution in [2.75, 3.05) is 0 Å². The lowest BCUT2D eigenvalue weighted by Crippen LogP contribution is -2.39. The quantitative estimate of drug-likeness (QED) is 0.865. The maximum absolute atomic E-state index is 12.3. The molecule has 2 rings (SSSR count).